The number of carbonyl (C=O) groups is 1. The van der Waals surface area contributed by atoms with Gasteiger partial charge in [0, 0.05) is 23.6 Å². The lowest BCUT2D eigenvalue weighted by atomic mass is 9.96. The maximum Gasteiger partial charge on any atom is 0.270 e. The van der Waals surface area contributed by atoms with E-state index in [4.69, 9.17) is 0 Å². The van der Waals surface area contributed by atoms with Crippen molar-refractivity contribution in [3.63, 3.8) is 0 Å². The van der Waals surface area contributed by atoms with Gasteiger partial charge >= 0.3 is 0 Å². The highest BCUT2D eigenvalue weighted by atomic mass is 16.6. The Bertz CT molecular complexity index is 426. The van der Waals surface area contributed by atoms with Gasteiger partial charge < -0.3 is 0 Å². The Kier molecular flexibility index (Phi) is 3.94. The summed E-state index contributed by atoms with van der Waals surface area (Å²) in [4.78, 5) is 21.9. The number of allylic oxidation sites excluding steroid dienone is 1. The van der Waals surface area contributed by atoms with Crippen molar-refractivity contribution < 1.29 is 9.72 Å². The molecule has 0 aliphatic heterocycles. The van der Waals surface area contributed by atoms with Gasteiger partial charge in [0.1, 0.15) is 0 Å². The highest BCUT2D eigenvalue weighted by molar-refractivity contribution is 5.98. The van der Waals surface area contributed by atoms with Gasteiger partial charge in [-0.05, 0) is 6.42 Å². The Balaban J connectivity index is 2.95. The summed E-state index contributed by atoms with van der Waals surface area (Å²) in [6.45, 7) is 5.34. The molecule has 0 aliphatic carbocycles. The van der Waals surface area contributed by atoms with Crippen LogP contribution in [0.3, 0.4) is 0 Å². The molecule has 1 aromatic carbocycles. The Labute approximate surface area is 93.7 Å². The average Bonchev–Trinajstić information content (AvgIpc) is 2.28. The normalized spacial score (nSPS) is 11.8. The summed E-state index contributed by atoms with van der Waals surface area (Å²) in [5.41, 5.74) is 0.320. The molecule has 4 heteroatoms. The van der Waals surface area contributed by atoms with E-state index in [1.807, 2.05) is 0 Å². The number of nitro benzene ring substituents is 1. The number of ketones is 1. The molecule has 1 rings (SSSR count). The van der Waals surface area contributed by atoms with E-state index in [2.05, 4.69) is 6.58 Å². The highest BCUT2D eigenvalue weighted by Gasteiger charge is 2.16. The SMILES string of the molecule is C=CCC(C)C(=O)c1cccc([N+](=O)[O-])c1. The molecular weight excluding hydrogens is 206 g/mol. The van der Waals surface area contributed by atoms with Gasteiger partial charge in [0.05, 0.1) is 4.92 Å². The van der Waals surface area contributed by atoms with Crippen molar-refractivity contribution in [3.05, 3.63) is 52.6 Å². The van der Waals surface area contributed by atoms with Gasteiger partial charge in [0.2, 0.25) is 0 Å². The first-order valence-electron chi connectivity index (χ1n) is 4.96. The Morgan fingerprint density at radius 3 is 2.88 bits per heavy atom. The summed E-state index contributed by atoms with van der Waals surface area (Å²) >= 11 is 0. The number of rotatable bonds is 5. The molecule has 0 aromatic heterocycles. The summed E-state index contributed by atoms with van der Waals surface area (Å²) in [6.07, 6.45) is 2.24. The molecule has 0 saturated heterocycles. The van der Waals surface area contributed by atoms with Gasteiger partial charge in [0.15, 0.2) is 5.78 Å². The third-order valence-electron chi connectivity index (χ3n) is 2.31. The van der Waals surface area contributed by atoms with Gasteiger partial charge in [-0.3, -0.25) is 14.9 Å². The van der Waals surface area contributed by atoms with E-state index in [9.17, 15) is 14.9 Å². The molecule has 0 amide bonds. The van der Waals surface area contributed by atoms with Gasteiger partial charge in [-0.2, -0.15) is 0 Å². The van der Waals surface area contributed by atoms with Crippen LogP contribution in [0.15, 0.2) is 36.9 Å². The summed E-state index contributed by atoms with van der Waals surface area (Å²) in [6, 6.07) is 5.79. The van der Waals surface area contributed by atoms with E-state index in [0.717, 1.165) is 0 Å². The van der Waals surface area contributed by atoms with Crippen molar-refractivity contribution in [2.75, 3.05) is 0 Å². The molecule has 0 aliphatic rings. The van der Waals surface area contributed by atoms with Gasteiger partial charge in [-0.15, -0.1) is 6.58 Å². The summed E-state index contributed by atoms with van der Waals surface area (Å²) in [5.74, 6) is -0.289. The predicted octanol–water partition coefficient (Wildman–Crippen LogP) is 2.99. The smallest absolute Gasteiger partial charge is 0.270 e. The van der Waals surface area contributed by atoms with Gasteiger partial charge in [-0.1, -0.05) is 25.1 Å². The molecule has 0 saturated carbocycles. The molecule has 0 spiro atoms. The fourth-order valence-electron chi connectivity index (χ4n) is 1.41. The molecule has 4 nitrogen and oxygen atoms in total. The largest absolute Gasteiger partial charge is 0.294 e. The second-order valence-corrected chi connectivity index (χ2v) is 3.60. The van der Waals surface area contributed by atoms with Crippen LogP contribution in [0.5, 0.6) is 0 Å². The first-order chi connectivity index (χ1) is 7.56. The average molecular weight is 219 g/mol. The quantitative estimate of drug-likeness (QED) is 0.331. The second-order valence-electron chi connectivity index (χ2n) is 3.60. The van der Waals surface area contributed by atoms with Crippen LogP contribution in [0.1, 0.15) is 23.7 Å². The van der Waals surface area contributed by atoms with Crippen LogP contribution in [0.2, 0.25) is 0 Å². The Morgan fingerprint density at radius 2 is 2.31 bits per heavy atom. The molecule has 0 heterocycles. The lowest BCUT2D eigenvalue weighted by Crippen LogP contribution is -2.10. The fraction of sp³-hybridized carbons (Fsp3) is 0.250. The molecule has 1 unspecified atom stereocenters. The molecule has 0 N–H and O–H groups in total. The third-order valence-corrected chi connectivity index (χ3v) is 2.31. The minimum Gasteiger partial charge on any atom is -0.294 e. The monoisotopic (exact) mass is 219 g/mol. The number of nitrogens with zero attached hydrogens (tertiary/aromatic N) is 1. The van der Waals surface area contributed by atoms with Crippen LogP contribution in [-0.2, 0) is 0 Å². The topological polar surface area (TPSA) is 60.2 Å². The highest BCUT2D eigenvalue weighted by Crippen LogP contribution is 2.17. The van der Waals surface area contributed by atoms with E-state index in [1.165, 1.54) is 18.2 Å². The molecule has 0 bridgehead atoms. The number of carbonyl (C=O) groups excluding carboxylic acids is 1. The number of benzene rings is 1. The maximum atomic E-state index is 11.8. The van der Waals surface area contributed by atoms with Crippen molar-refractivity contribution >= 4 is 11.5 Å². The van der Waals surface area contributed by atoms with Crippen LogP contribution in [0.4, 0.5) is 5.69 Å². The summed E-state index contributed by atoms with van der Waals surface area (Å²) in [5, 5.41) is 10.5. The zero-order valence-electron chi connectivity index (χ0n) is 9.05. The van der Waals surface area contributed by atoms with Crippen molar-refractivity contribution in [3.8, 4) is 0 Å². The lowest BCUT2D eigenvalue weighted by molar-refractivity contribution is -0.384. The first kappa shape index (κ1) is 12.1. The van der Waals surface area contributed by atoms with Gasteiger partial charge in [-0.25, -0.2) is 0 Å². The van der Waals surface area contributed by atoms with E-state index < -0.39 is 4.92 Å². The maximum absolute atomic E-state index is 11.8. The predicted molar refractivity (Wildman–Crippen MR) is 61.4 cm³/mol. The molecule has 1 atom stereocenters. The molecule has 84 valence electrons. The zero-order chi connectivity index (χ0) is 12.1. The van der Waals surface area contributed by atoms with Crippen molar-refractivity contribution in [2.24, 2.45) is 5.92 Å². The standard InChI is InChI=1S/C12H13NO3/c1-3-5-9(2)12(14)10-6-4-7-11(8-10)13(15)16/h3-4,6-9H,1,5H2,2H3. The fourth-order valence-corrected chi connectivity index (χ4v) is 1.41. The van der Waals surface area contributed by atoms with E-state index in [-0.39, 0.29) is 17.4 Å². The number of nitro groups is 1. The minimum atomic E-state index is -0.505. The summed E-state index contributed by atoms with van der Waals surface area (Å²) in [7, 11) is 0. The number of Topliss-reactive ketones (excluding diaryl/α,β-unsaturated/α-hetero) is 1. The molecule has 1 aromatic rings. The number of hydrogen-bond donors (Lipinski definition) is 0. The van der Waals surface area contributed by atoms with E-state index in [0.29, 0.717) is 12.0 Å². The second kappa shape index (κ2) is 5.21. The molecule has 0 fully saturated rings. The molecular formula is C12H13NO3. The molecule has 0 radical (unpaired) electrons. The van der Waals surface area contributed by atoms with Crippen LogP contribution < -0.4 is 0 Å². The Hall–Kier alpha value is -1.97. The van der Waals surface area contributed by atoms with E-state index >= 15 is 0 Å². The van der Waals surface area contributed by atoms with E-state index in [1.54, 1.807) is 19.1 Å². The van der Waals surface area contributed by atoms with Crippen LogP contribution >= 0.6 is 0 Å². The first-order valence-corrected chi connectivity index (χ1v) is 4.96. The third kappa shape index (κ3) is 2.76. The Morgan fingerprint density at radius 1 is 1.62 bits per heavy atom. The van der Waals surface area contributed by atoms with Crippen molar-refractivity contribution in [1.82, 2.24) is 0 Å². The molecule has 16 heavy (non-hydrogen) atoms. The minimum absolute atomic E-state index is 0.0587. The van der Waals surface area contributed by atoms with Crippen molar-refractivity contribution in [1.29, 1.82) is 0 Å². The van der Waals surface area contributed by atoms with Crippen molar-refractivity contribution in [2.45, 2.75) is 13.3 Å². The van der Waals surface area contributed by atoms with Crippen LogP contribution in [-0.4, -0.2) is 10.7 Å². The lowest BCUT2D eigenvalue weighted by Gasteiger charge is -2.07. The number of hydrogen-bond acceptors (Lipinski definition) is 3. The van der Waals surface area contributed by atoms with Gasteiger partial charge in [0.25, 0.3) is 5.69 Å². The zero-order valence-corrected chi connectivity index (χ0v) is 9.05. The summed E-state index contributed by atoms with van der Waals surface area (Å²) < 4.78 is 0. The van der Waals surface area contributed by atoms with Crippen LogP contribution in [0, 0.1) is 16.0 Å². The number of non-ortho nitro benzene ring substituents is 1. The van der Waals surface area contributed by atoms with Crippen LogP contribution in [0.25, 0.3) is 0 Å².